The van der Waals surface area contributed by atoms with Crippen molar-refractivity contribution in [3.05, 3.63) is 64.1 Å². The molecule has 29 heavy (non-hydrogen) atoms. The van der Waals surface area contributed by atoms with Crippen LogP contribution < -0.4 is 0 Å². The van der Waals surface area contributed by atoms with E-state index < -0.39 is 28.9 Å². The molecule has 0 fully saturated rings. The number of esters is 1. The lowest BCUT2D eigenvalue weighted by molar-refractivity contribution is -0.185. The van der Waals surface area contributed by atoms with Crippen molar-refractivity contribution in [1.29, 1.82) is 0 Å². The molecule has 1 aromatic heterocycles. The van der Waals surface area contributed by atoms with Crippen molar-refractivity contribution in [3.8, 4) is 0 Å². The third-order valence-corrected chi connectivity index (χ3v) is 4.68. The summed E-state index contributed by atoms with van der Waals surface area (Å²) in [6, 6.07) is 8.09. The Kier molecular flexibility index (Phi) is 5.38. The molecule has 0 aliphatic rings. The van der Waals surface area contributed by atoms with Gasteiger partial charge in [-0.1, -0.05) is 29.8 Å². The van der Waals surface area contributed by atoms with Gasteiger partial charge in [-0.15, -0.1) is 0 Å². The average molecular weight is 425 g/mol. The van der Waals surface area contributed by atoms with E-state index in [1.165, 1.54) is 55.8 Å². The first-order chi connectivity index (χ1) is 13.4. The van der Waals surface area contributed by atoms with Crippen LogP contribution in [0.25, 0.3) is 10.9 Å². The Balaban J connectivity index is 2.05. The zero-order valence-corrected chi connectivity index (χ0v) is 17.1. The number of hydrogen-bond donors (Lipinski definition) is 0. The number of aryl methyl sites for hydroxylation is 1. The second-order valence-electron chi connectivity index (χ2n) is 7.75. The van der Waals surface area contributed by atoms with Crippen LogP contribution in [0, 0.1) is 12.7 Å². The number of aromatic nitrogens is 2. The summed E-state index contributed by atoms with van der Waals surface area (Å²) in [5.74, 6) is -6.00. The van der Waals surface area contributed by atoms with Gasteiger partial charge in [-0.05, 0) is 45.9 Å². The highest BCUT2D eigenvalue weighted by Crippen LogP contribution is 2.34. The quantitative estimate of drug-likeness (QED) is 0.510. The van der Waals surface area contributed by atoms with E-state index in [2.05, 4.69) is 5.10 Å². The number of fused-ring (bicyclic) bond motifs is 1. The van der Waals surface area contributed by atoms with Crippen LogP contribution in [0.5, 0.6) is 0 Å². The number of rotatable bonds is 4. The van der Waals surface area contributed by atoms with E-state index in [1.54, 1.807) is 13.0 Å². The molecule has 0 radical (unpaired) electrons. The number of carbonyl (C=O) groups excluding carboxylic acids is 1. The Morgan fingerprint density at radius 2 is 1.90 bits per heavy atom. The smallest absolute Gasteiger partial charge is 0.382 e. The first kappa shape index (κ1) is 21.2. The van der Waals surface area contributed by atoms with Crippen LogP contribution in [0.3, 0.4) is 0 Å². The van der Waals surface area contributed by atoms with Crippen molar-refractivity contribution in [3.63, 3.8) is 0 Å². The first-order valence-corrected chi connectivity index (χ1v) is 9.30. The topological polar surface area (TPSA) is 44.1 Å². The highest BCUT2D eigenvalue weighted by Gasteiger charge is 2.44. The molecule has 0 saturated heterocycles. The lowest BCUT2D eigenvalue weighted by atomic mass is 10.1. The van der Waals surface area contributed by atoms with Gasteiger partial charge in [-0.3, -0.25) is 4.68 Å². The highest BCUT2D eigenvalue weighted by atomic mass is 35.5. The fourth-order valence-electron chi connectivity index (χ4n) is 2.95. The van der Waals surface area contributed by atoms with Gasteiger partial charge in [-0.2, -0.15) is 13.9 Å². The van der Waals surface area contributed by atoms with E-state index in [1.807, 2.05) is 0 Å². The van der Waals surface area contributed by atoms with Gasteiger partial charge in [0.15, 0.2) is 0 Å². The van der Waals surface area contributed by atoms with E-state index in [9.17, 15) is 18.0 Å². The summed E-state index contributed by atoms with van der Waals surface area (Å²) in [5.41, 5.74) is -0.463. The van der Waals surface area contributed by atoms with Gasteiger partial charge >= 0.3 is 11.9 Å². The molecule has 0 saturated carbocycles. The fourth-order valence-corrected chi connectivity index (χ4v) is 3.17. The molecule has 1 heterocycles. The lowest BCUT2D eigenvalue weighted by Crippen LogP contribution is -2.34. The molecule has 0 atom stereocenters. The maximum atomic E-state index is 14.7. The van der Waals surface area contributed by atoms with Crippen LogP contribution in [0.4, 0.5) is 13.2 Å². The van der Waals surface area contributed by atoms with Gasteiger partial charge in [0.05, 0.1) is 17.8 Å². The first-order valence-electron chi connectivity index (χ1n) is 8.92. The minimum Gasteiger partial charge on any atom is -0.455 e. The third kappa shape index (κ3) is 4.24. The minimum atomic E-state index is -3.85. The Morgan fingerprint density at radius 3 is 2.52 bits per heavy atom. The molecule has 2 aromatic carbocycles. The van der Waals surface area contributed by atoms with E-state index in [0.717, 1.165) is 0 Å². The number of carbonyl (C=O) groups is 1. The molecule has 0 spiro atoms. The highest BCUT2D eigenvalue weighted by molar-refractivity contribution is 6.31. The van der Waals surface area contributed by atoms with Gasteiger partial charge in [0.2, 0.25) is 0 Å². The minimum absolute atomic E-state index is 0.0443. The predicted molar refractivity (Wildman–Crippen MR) is 105 cm³/mol. The number of benzene rings is 2. The van der Waals surface area contributed by atoms with E-state index >= 15 is 0 Å². The average Bonchev–Trinajstić information content (AvgIpc) is 2.92. The summed E-state index contributed by atoms with van der Waals surface area (Å²) >= 11 is 6.08. The zero-order valence-electron chi connectivity index (χ0n) is 16.4. The zero-order chi connectivity index (χ0) is 21.6. The monoisotopic (exact) mass is 424 g/mol. The molecule has 0 bridgehead atoms. The second kappa shape index (κ2) is 7.37. The molecule has 0 amide bonds. The summed E-state index contributed by atoms with van der Waals surface area (Å²) in [5, 5.41) is 5.15. The second-order valence-corrected chi connectivity index (χ2v) is 8.16. The Labute approximate surface area is 171 Å². The standard InChI is InChI=1S/C21H20ClF3N2O2/c1-12-14-9-8-13(21(24,25)19(28)29-20(2,3)4)10-18(14)27(26-12)11-15-16(22)6-5-7-17(15)23/h5-10H,11H2,1-4H3. The Morgan fingerprint density at radius 1 is 1.21 bits per heavy atom. The lowest BCUT2D eigenvalue weighted by Gasteiger charge is -2.23. The van der Waals surface area contributed by atoms with Crippen LogP contribution in [0.1, 0.15) is 37.6 Å². The molecule has 0 N–H and O–H groups in total. The van der Waals surface area contributed by atoms with Gasteiger partial charge in [0.25, 0.3) is 0 Å². The normalized spacial score (nSPS) is 12.4. The molecular weight excluding hydrogens is 405 g/mol. The van der Waals surface area contributed by atoms with Crippen LogP contribution in [-0.2, 0) is 22.0 Å². The number of hydrogen-bond acceptors (Lipinski definition) is 3. The molecule has 3 rings (SSSR count). The molecule has 0 unspecified atom stereocenters. The van der Waals surface area contributed by atoms with E-state index in [-0.39, 0.29) is 17.1 Å². The SMILES string of the molecule is Cc1nn(Cc2c(F)cccc2Cl)c2cc(C(F)(F)C(=O)OC(C)(C)C)ccc12. The van der Waals surface area contributed by atoms with Crippen LogP contribution in [0.15, 0.2) is 36.4 Å². The molecule has 154 valence electrons. The van der Waals surface area contributed by atoms with E-state index in [4.69, 9.17) is 16.3 Å². The van der Waals surface area contributed by atoms with Crippen LogP contribution >= 0.6 is 11.6 Å². The number of nitrogens with zero attached hydrogens (tertiary/aromatic N) is 2. The summed E-state index contributed by atoms with van der Waals surface area (Å²) in [4.78, 5) is 12.0. The molecule has 4 nitrogen and oxygen atoms in total. The Bertz CT molecular complexity index is 1070. The van der Waals surface area contributed by atoms with Crippen molar-refractivity contribution in [2.45, 2.75) is 45.8 Å². The third-order valence-electron chi connectivity index (χ3n) is 4.32. The molecule has 8 heteroatoms. The van der Waals surface area contributed by atoms with Crippen molar-refractivity contribution in [1.82, 2.24) is 9.78 Å². The van der Waals surface area contributed by atoms with Crippen molar-refractivity contribution < 1.29 is 22.7 Å². The summed E-state index contributed by atoms with van der Waals surface area (Å²) in [7, 11) is 0. The summed E-state index contributed by atoms with van der Waals surface area (Å²) < 4.78 is 49.8. The van der Waals surface area contributed by atoms with Crippen molar-refractivity contribution in [2.24, 2.45) is 0 Å². The number of alkyl halides is 2. The van der Waals surface area contributed by atoms with Crippen LogP contribution in [0.2, 0.25) is 5.02 Å². The van der Waals surface area contributed by atoms with Gasteiger partial charge in [0, 0.05) is 21.5 Å². The van der Waals surface area contributed by atoms with E-state index in [0.29, 0.717) is 16.6 Å². The molecular formula is C21H20ClF3N2O2. The maximum absolute atomic E-state index is 14.7. The molecule has 0 aliphatic heterocycles. The van der Waals surface area contributed by atoms with Crippen LogP contribution in [-0.4, -0.2) is 21.4 Å². The predicted octanol–water partition coefficient (Wildman–Crippen LogP) is 5.62. The largest absolute Gasteiger partial charge is 0.455 e. The van der Waals surface area contributed by atoms with Gasteiger partial charge in [-0.25, -0.2) is 9.18 Å². The Hall–Kier alpha value is -2.54. The molecule has 3 aromatic rings. The number of halogens is 4. The van der Waals surface area contributed by atoms with Crippen molar-refractivity contribution in [2.75, 3.05) is 0 Å². The maximum Gasteiger partial charge on any atom is 0.382 e. The number of ether oxygens (including phenoxy) is 1. The summed E-state index contributed by atoms with van der Waals surface area (Å²) in [6.45, 7) is 6.22. The van der Waals surface area contributed by atoms with Gasteiger partial charge < -0.3 is 4.74 Å². The fraction of sp³-hybridized carbons (Fsp3) is 0.333. The molecule has 0 aliphatic carbocycles. The van der Waals surface area contributed by atoms with Crippen molar-refractivity contribution >= 4 is 28.5 Å². The summed E-state index contributed by atoms with van der Waals surface area (Å²) in [6.07, 6.45) is 0. The van der Waals surface area contributed by atoms with Gasteiger partial charge in [0.1, 0.15) is 11.4 Å².